The van der Waals surface area contributed by atoms with E-state index in [0.29, 0.717) is 13.0 Å². The number of carbonyl (C=O) groups is 1. The molecular formula is C20H27BFN3O3. The molecule has 1 aromatic rings. The van der Waals surface area contributed by atoms with Crippen LogP contribution >= 0.6 is 0 Å². The predicted octanol–water partition coefficient (Wildman–Crippen LogP) is 2.29. The van der Waals surface area contributed by atoms with Gasteiger partial charge in [0, 0.05) is 0 Å². The summed E-state index contributed by atoms with van der Waals surface area (Å²) in [5.41, 5.74) is -0.706. The quantitative estimate of drug-likeness (QED) is 0.723. The molecule has 2 N–H and O–H groups in total. The van der Waals surface area contributed by atoms with Crippen molar-refractivity contribution in [3.63, 3.8) is 0 Å². The molecule has 28 heavy (non-hydrogen) atoms. The Morgan fingerprint density at radius 3 is 2.68 bits per heavy atom. The maximum absolute atomic E-state index is 14.4. The number of rotatable bonds is 1. The number of amides is 1. The molecule has 6 nitrogen and oxygen atoms in total. The van der Waals surface area contributed by atoms with Crippen LogP contribution in [-0.4, -0.2) is 48.8 Å². The zero-order chi connectivity index (χ0) is 20.7. The second kappa shape index (κ2) is 9.69. The average molecular weight is 387 g/mol. The van der Waals surface area contributed by atoms with E-state index in [4.69, 9.17) is 10.00 Å². The third-order valence-electron chi connectivity index (χ3n) is 4.80. The molecule has 150 valence electrons. The number of fused-ring (bicyclic) bond motifs is 1. The molecule has 0 bridgehead atoms. The average Bonchev–Trinajstić information content (AvgIpc) is 3.59. The van der Waals surface area contributed by atoms with Crippen molar-refractivity contribution < 1.29 is 19.0 Å². The second-order valence-electron chi connectivity index (χ2n) is 6.77. The zero-order valence-electron chi connectivity index (χ0n) is 16.7. The van der Waals surface area contributed by atoms with Crippen molar-refractivity contribution in [3.05, 3.63) is 29.6 Å². The molecule has 3 fully saturated rings. The number of phenols is 1. The molecule has 0 aromatic heterocycles. The van der Waals surface area contributed by atoms with Crippen molar-refractivity contribution in [1.29, 1.82) is 5.26 Å². The minimum atomic E-state index is -1.15. The first-order valence-electron chi connectivity index (χ1n) is 9.72. The van der Waals surface area contributed by atoms with E-state index >= 15 is 0 Å². The molecule has 4 rings (SSSR count). The van der Waals surface area contributed by atoms with E-state index in [0.717, 1.165) is 6.07 Å². The molecule has 1 aromatic carbocycles. The Bertz CT molecular complexity index is 776. The summed E-state index contributed by atoms with van der Waals surface area (Å²) in [4.78, 5) is 14.1. The van der Waals surface area contributed by atoms with E-state index in [-0.39, 0.29) is 29.5 Å². The van der Waals surface area contributed by atoms with Crippen LogP contribution in [0, 0.1) is 23.0 Å². The topological polar surface area (TPSA) is 85.6 Å². The van der Waals surface area contributed by atoms with Gasteiger partial charge >= 0.3 is 132 Å². The maximum atomic E-state index is 14.4. The van der Waals surface area contributed by atoms with Gasteiger partial charge in [-0.2, -0.15) is 0 Å². The summed E-state index contributed by atoms with van der Waals surface area (Å²) in [6, 6.07) is 3.70. The van der Waals surface area contributed by atoms with Crippen molar-refractivity contribution in [3.8, 4) is 11.7 Å². The fraction of sp³-hybridized carbons (Fsp3) is 0.550. The van der Waals surface area contributed by atoms with Gasteiger partial charge in [-0.1, -0.05) is 33.1 Å². The molecule has 2 aliphatic heterocycles. The van der Waals surface area contributed by atoms with Gasteiger partial charge in [0.1, 0.15) is 0 Å². The number of halogens is 1. The SMILES string of the molecule is C1CC1.CC.CN1C(=O)C2CCOCC2(c2cc(O)ccc2F)NC1=BC#N. The number of nitrogens with zero attached hydrogens (tertiary/aromatic N) is 2. The van der Waals surface area contributed by atoms with Gasteiger partial charge in [0.2, 0.25) is 0 Å². The monoisotopic (exact) mass is 387 g/mol. The van der Waals surface area contributed by atoms with Crippen LogP contribution in [0.4, 0.5) is 4.39 Å². The van der Waals surface area contributed by atoms with Crippen LogP contribution in [0.2, 0.25) is 0 Å². The first kappa shape index (κ1) is 21.9. The van der Waals surface area contributed by atoms with Gasteiger partial charge < -0.3 is 0 Å². The molecule has 3 aliphatic rings. The predicted molar refractivity (Wildman–Crippen MR) is 106 cm³/mol. The summed E-state index contributed by atoms with van der Waals surface area (Å²) < 4.78 is 20.0. The summed E-state index contributed by atoms with van der Waals surface area (Å²) in [6.45, 7) is 5.66. The van der Waals surface area contributed by atoms with Crippen molar-refractivity contribution in [2.75, 3.05) is 20.3 Å². The van der Waals surface area contributed by atoms with Crippen LogP contribution in [0.25, 0.3) is 0 Å². The van der Waals surface area contributed by atoms with Crippen molar-refractivity contribution in [1.82, 2.24) is 10.2 Å². The van der Waals surface area contributed by atoms with Gasteiger partial charge in [0.05, 0.1) is 0 Å². The Morgan fingerprint density at radius 1 is 1.39 bits per heavy atom. The van der Waals surface area contributed by atoms with Crippen LogP contribution in [0.5, 0.6) is 5.75 Å². The first-order valence-corrected chi connectivity index (χ1v) is 9.72. The Balaban J connectivity index is 0.000000499. The van der Waals surface area contributed by atoms with Crippen LogP contribution in [0.15, 0.2) is 18.2 Å². The molecule has 2 unspecified atom stereocenters. The molecule has 2 heterocycles. The number of hydrogen-bond acceptors (Lipinski definition) is 5. The third kappa shape index (κ3) is 4.53. The van der Waals surface area contributed by atoms with Crippen LogP contribution in [0.1, 0.15) is 45.1 Å². The van der Waals surface area contributed by atoms with Crippen LogP contribution in [0.3, 0.4) is 0 Å². The molecule has 1 saturated carbocycles. The number of ether oxygens (including phenoxy) is 1. The van der Waals surface area contributed by atoms with Crippen LogP contribution in [-0.2, 0) is 15.1 Å². The zero-order valence-corrected chi connectivity index (χ0v) is 16.7. The van der Waals surface area contributed by atoms with Gasteiger partial charge in [-0.15, -0.1) is 0 Å². The van der Waals surface area contributed by atoms with Gasteiger partial charge in [-0.3, -0.25) is 0 Å². The molecule has 2 saturated heterocycles. The fourth-order valence-corrected chi connectivity index (χ4v) is 3.29. The van der Waals surface area contributed by atoms with Gasteiger partial charge in [0.25, 0.3) is 0 Å². The Hall–Kier alpha value is -2.40. The molecule has 8 heteroatoms. The van der Waals surface area contributed by atoms with E-state index in [9.17, 15) is 14.3 Å². The molecule has 1 amide bonds. The van der Waals surface area contributed by atoms with E-state index in [1.165, 1.54) is 43.2 Å². The summed E-state index contributed by atoms with van der Waals surface area (Å²) >= 11 is 0. The minimum absolute atomic E-state index is 0.0698. The molecular weight excluding hydrogens is 360 g/mol. The second-order valence-corrected chi connectivity index (χ2v) is 6.77. The molecule has 0 radical (unpaired) electrons. The number of phenolic OH excluding ortho intramolecular Hbond substituents is 1. The number of nitriles is 1. The summed E-state index contributed by atoms with van der Waals surface area (Å²) in [6.07, 6.45) is 4.92. The molecule has 1 aliphatic carbocycles. The Morgan fingerprint density at radius 2 is 2.07 bits per heavy atom. The van der Waals surface area contributed by atoms with Gasteiger partial charge in [-0.25, -0.2) is 0 Å². The van der Waals surface area contributed by atoms with Gasteiger partial charge in [0.15, 0.2) is 0 Å². The van der Waals surface area contributed by atoms with Gasteiger partial charge in [-0.05, 0) is 0 Å². The standard InChI is InChI=1S/C15H15BFN3O3.C3H6.C2H6/c1-20-13(22)10-4-5-23-7-15(10,19-14(20)16-8-18)11-6-9(21)2-3-12(11)17;1-2-3-1;1-2/h2-3,6,10,19,21H,4-5,7H2,1H3;1-3H2;1-2H3. The van der Waals surface area contributed by atoms with Crippen LogP contribution < -0.4 is 5.32 Å². The normalized spacial score (nSPS) is 26.2. The van der Waals surface area contributed by atoms with E-state index in [2.05, 4.69) is 5.32 Å². The van der Waals surface area contributed by atoms with Crippen molar-refractivity contribution >= 4 is 18.5 Å². The molecule has 0 spiro atoms. The number of hydrogen-bond donors (Lipinski definition) is 2. The Kier molecular flexibility index (Phi) is 7.58. The number of aromatic hydroxyl groups is 1. The summed E-state index contributed by atoms with van der Waals surface area (Å²) in [5, 5.41) is 21.8. The van der Waals surface area contributed by atoms with E-state index < -0.39 is 17.3 Å². The number of benzene rings is 1. The first-order chi connectivity index (χ1) is 13.5. The fourth-order valence-electron chi connectivity index (χ4n) is 3.29. The molecule has 2 atom stereocenters. The summed E-state index contributed by atoms with van der Waals surface area (Å²) in [7, 11) is 1.57. The van der Waals surface area contributed by atoms with E-state index in [1.54, 1.807) is 7.05 Å². The number of carbonyl (C=O) groups excluding carboxylic acids is 1. The Labute approximate surface area is 166 Å². The number of nitrogens with one attached hydrogen (secondary N) is 1. The van der Waals surface area contributed by atoms with Crippen molar-refractivity contribution in [2.24, 2.45) is 5.92 Å². The van der Waals surface area contributed by atoms with E-state index in [1.807, 2.05) is 19.8 Å². The third-order valence-corrected chi connectivity index (χ3v) is 4.80. The summed E-state index contributed by atoms with van der Waals surface area (Å²) in [5.74, 6) is 0.476. The van der Waals surface area contributed by atoms with Crippen molar-refractivity contribution in [2.45, 2.75) is 45.1 Å².